The summed E-state index contributed by atoms with van der Waals surface area (Å²) < 4.78 is 27.0. The summed E-state index contributed by atoms with van der Waals surface area (Å²) in [5, 5.41) is 4.68. The summed E-state index contributed by atoms with van der Waals surface area (Å²) in [4.78, 5) is 13.5. The monoisotopic (exact) mass is 380 g/mol. The minimum Gasteiger partial charge on any atom is -0.323 e. The van der Waals surface area contributed by atoms with E-state index >= 15 is 0 Å². The molecule has 1 aromatic carbocycles. The maximum absolute atomic E-state index is 12.5. The van der Waals surface area contributed by atoms with Gasteiger partial charge in [-0.25, -0.2) is 8.42 Å². The highest BCUT2D eigenvalue weighted by Crippen LogP contribution is 2.20. The Morgan fingerprint density at radius 2 is 1.84 bits per heavy atom. The van der Waals surface area contributed by atoms with Crippen LogP contribution in [0, 0.1) is 0 Å². The van der Waals surface area contributed by atoms with E-state index in [9.17, 15) is 13.2 Å². The second kappa shape index (κ2) is 7.65. The average Bonchev–Trinajstić information content (AvgIpc) is 3.17. The van der Waals surface area contributed by atoms with Crippen LogP contribution in [-0.4, -0.2) is 50.9 Å². The Morgan fingerprint density at radius 3 is 2.44 bits per heavy atom. The Kier molecular flexibility index (Phi) is 5.53. The summed E-state index contributed by atoms with van der Waals surface area (Å²) in [7, 11) is -3.40. The zero-order chi connectivity index (χ0) is 17.9. The first-order chi connectivity index (χ1) is 12.0. The summed E-state index contributed by atoms with van der Waals surface area (Å²) in [5.74, 6) is -0.0456. The molecule has 1 amide bonds. The highest BCUT2D eigenvalue weighted by Gasteiger charge is 2.34. The third kappa shape index (κ3) is 4.09. The fourth-order valence-corrected chi connectivity index (χ4v) is 5.53. The van der Waals surface area contributed by atoms with Gasteiger partial charge in [-0.1, -0.05) is 24.3 Å². The molecule has 8 heteroatoms. The van der Waals surface area contributed by atoms with Gasteiger partial charge >= 0.3 is 0 Å². The molecular weight excluding hydrogens is 358 g/mol. The van der Waals surface area contributed by atoms with Crippen LogP contribution < -0.4 is 10.2 Å². The molecule has 1 fully saturated rings. The molecule has 1 atom stereocenters. The van der Waals surface area contributed by atoms with Crippen molar-refractivity contribution in [1.82, 2.24) is 4.31 Å². The number of amides is 1. The van der Waals surface area contributed by atoms with Crippen LogP contribution in [0.25, 0.3) is 0 Å². The van der Waals surface area contributed by atoms with Crippen molar-refractivity contribution in [1.29, 1.82) is 0 Å². The van der Waals surface area contributed by atoms with Gasteiger partial charge in [-0.3, -0.25) is 4.79 Å². The number of carbonyl (C=O) groups excluding carboxylic acids is 1. The number of carbonyl (C=O) groups is 1. The predicted octanol–water partition coefficient (Wildman–Crippen LogP) is 0.664. The SMILES string of the molecule is C[C@H](C(=O)Nc1ccccc1)[NH+]1CCN(S(=O)(=O)c2cccs2)CC1. The molecule has 1 aliphatic rings. The Bertz CT molecular complexity index is 799. The van der Waals surface area contributed by atoms with Crippen molar-refractivity contribution < 1.29 is 18.1 Å². The Balaban J connectivity index is 1.57. The molecule has 0 aliphatic carbocycles. The average molecular weight is 381 g/mol. The van der Waals surface area contributed by atoms with E-state index < -0.39 is 10.0 Å². The fraction of sp³-hybridized carbons (Fsp3) is 0.353. The van der Waals surface area contributed by atoms with Gasteiger partial charge in [0, 0.05) is 5.69 Å². The smallest absolute Gasteiger partial charge is 0.282 e. The number of benzene rings is 1. The number of piperazine rings is 1. The van der Waals surface area contributed by atoms with Crippen LogP contribution in [0.1, 0.15) is 6.92 Å². The number of anilines is 1. The Labute approximate surface area is 152 Å². The minimum absolute atomic E-state index is 0.0456. The Morgan fingerprint density at radius 1 is 1.16 bits per heavy atom. The van der Waals surface area contributed by atoms with Crippen molar-refractivity contribution in [2.45, 2.75) is 17.2 Å². The molecule has 0 saturated carbocycles. The lowest BCUT2D eigenvalue weighted by Gasteiger charge is -2.33. The number of para-hydroxylation sites is 1. The van der Waals surface area contributed by atoms with Crippen molar-refractivity contribution in [3.63, 3.8) is 0 Å². The molecule has 1 aromatic heterocycles. The first-order valence-corrected chi connectivity index (χ1v) is 10.5. The van der Waals surface area contributed by atoms with Gasteiger partial charge in [0.15, 0.2) is 6.04 Å². The number of hydrogen-bond acceptors (Lipinski definition) is 4. The molecule has 0 unspecified atom stereocenters. The molecule has 1 aliphatic heterocycles. The second-order valence-corrected chi connectivity index (χ2v) is 9.18. The van der Waals surface area contributed by atoms with Crippen molar-refractivity contribution in [2.24, 2.45) is 0 Å². The molecule has 2 N–H and O–H groups in total. The standard InChI is InChI=1S/C17H21N3O3S2/c1-14(17(21)18-15-6-3-2-4-7-15)19-9-11-20(12-10-19)25(22,23)16-8-5-13-24-16/h2-8,13-14H,9-12H2,1H3,(H,18,21)/p+1/t14-/m1/s1. The molecule has 0 bridgehead atoms. The van der Waals surface area contributed by atoms with Crippen LogP contribution >= 0.6 is 11.3 Å². The number of rotatable bonds is 5. The molecule has 25 heavy (non-hydrogen) atoms. The number of nitrogens with zero attached hydrogens (tertiary/aromatic N) is 1. The van der Waals surface area contributed by atoms with Gasteiger partial charge < -0.3 is 10.2 Å². The van der Waals surface area contributed by atoms with Gasteiger partial charge in [0.2, 0.25) is 0 Å². The van der Waals surface area contributed by atoms with Crippen LogP contribution in [-0.2, 0) is 14.8 Å². The lowest BCUT2D eigenvalue weighted by Crippen LogP contribution is -3.19. The second-order valence-electron chi connectivity index (χ2n) is 6.07. The van der Waals surface area contributed by atoms with E-state index in [-0.39, 0.29) is 11.9 Å². The van der Waals surface area contributed by atoms with Crippen LogP contribution in [0.15, 0.2) is 52.1 Å². The van der Waals surface area contributed by atoms with Gasteiger partial charge in [0.25, 0.3) is 15.9 Å². The number of quaternary nitrogens is 1. The van der Waals surface area contributed by atoms with Crippen LogP contribution in [0.3, 0.4) is 0 Å². The summed E-state index contributed by atoms with van der Waals surface area (Å²) in [6.45, 7) is 3.98. The number of hydrogen-bond donors (Lipinski definition) is 2. The molecule has 2 aromatic rings. The molecule has 0 radical (unpaired) electrons. The summed E-state index contributed by atoms with van der Waals surface area (Å²) in [5.41, 5.74) is 0.776. The van der Waals surface area contributed by atoms with Crippen LogP contribution in [0.4, 0.5) is 5.69 Å². The maximum Gasteiger partial charge on any atom is 0.282 e. The molecule has 134 valence electrons. The molecule has 2 heterocycles. The lowest BCUT2D eigenvalue weighted by atomic mass is 10.2. The lowest BCUT2D eigenvalue weighted by molar-refractivity contribution is -0.917. The van der Waals surface area contributed by atoms with Gasteiger partial charge in [0.1, 0.15) is 4.21 Å². The molecule has 6 nitrogen and oxygen atoms in total. The van der Waals surface area contributed by atoms with E-state index in [1.54, 1.807) is 17.5 Å². The predicted molar refractivity (Wildman–Crippen MR) is 98.3 cm³/mol. The van der Waals surface area contributed by atoms with E-state index in [1.165, 1.54) is 15.6 Å². The van der Waals surface area contributed by atoms with Crippen molar-refractivity contribution in [3.05, 3.63) is 47.8 Å². The van der Waals surface area contributed by atoms with E-state index in [4.69, 9.17) is 0 Å². The zero-order valence-corrected chi connectivity index (χ0v) is 15.6. The van der Waals surface area contributed by atoms with Crippen molar-refractivity contribution in [3.8, 4) is 0 Å². The highest BCUT2D eigenvalue weighted by molar-refractivity contribution is 7.91. The maximum atomic E-state index is 12.5. The topological polar surface area (TPSA) is 70.9 Å². The third-order valence-corrected chi connectivity index (χ3v) is 7.77. The van der Waals surface area contributed by atoms with E-state index in [1.807, 2.05) is 37.3 Å². The van der Waals surface area contributed by atoms with E-state index in [0.29, 0.717) is 30.4 Å². The number of nitrogens with one attached hydrogen (secondary N) is 2. The minimum atomic E-state index is -3.40. The van der Waals surface area contributed by atoms with Crippen molar-refractivity contribution >= 4 is 33.0 Å². The number of sulfonamides is 1. The first-order valence-electron chi connectivity index (χ1n) is 8.22. The quantitative estimate of drug-likeness (QED) is 0.801. The molecule has 1 saturated heterocycles. The zero-order valence-electron chi connectivity index (χ0n) is 14.0. The normalized spacial score (nSPS) is 18.0. The molecule has 3 rings (SSSR count). The molecular formula is C17H22N3O3S2+. The molecule has 0 spiro atoms. The van der Waals surface area contributed by atoms with Gasteiger partial charge in [-0.15, -0.1) is 11.3 Å². The largest absolute Gasteiger partial charge is 0.323 e. The van der Waals surface area contributed by atoms with Gasteiger partial charge in [-0.05, 0) is 30.5 Å². The fourth-order valence-electron chi connectivity index (χ4n) is 2.94. The van der Waals surface area contributed by atoms with Gasteiger partial charge in [-0.2, -0.15) is 4.31 Å². The van der Waals surface area contributed by atoms with E-state index in [2.05, 4.69) is 5.32 Å². The third-order valence-electron chi connectivity index (χ3n) is 4.50. The van der Waals surface area contributed by atoms with Crippen LogP contribution in [0.2, 0.25) is 0 Å². The number of thiophene rings is 1. The summed E-state index contributed by atoms with van der Waals surface area (Å²) in [6.07, 6.45) is 0. The Hall–Kier alpha value is -1.74. The first kappa shape index (κ1) is 18.1. The summed E-state index contributed by atoms with van der Waals surface area (Å²) >= 11 is 1.24. The van der Waals surface area contributed by atoms with Crippen molar-refractivity contribution in [2.75, 3.05) is 31.5 Å². The van der Waals surface area contributed by atoms with Crippen LogP contribution in [0.5, 0.6) is 0 Å². The summed E-state index contributed by atoms with van der Waals surface area (Å²) in [6, 6.07) is 12.5. The highest BCUT2D eigenvalue weighted by atomic mass is 32.2. The van der Waals surface area contributed by atoms with Gasteiger partial charge in [0.05, 0.1) is 26.2 Å². The van der Waals surface area contributed by atoms with E-state index in [0.717, 1.165) is 10.6 Å².